The maximum Gasteiger partial charge on any atom is 0.251 e. The molecule has 2 fully saturated rings. The molecule has 2 atom stereocenters. The number of anilines is 1. The Kier molecular flexibility index (Phi) is 6.26. The molecule has 2 N–H and O–H groups in total. The molecule has 6 nitrogen and oxygen atoms in total. The van der Waals surface area contributed by atoms with E-state index in [1.54, 1.807) is 12.3 Å². The van der Waals surface area contributed by atoms with Crippen LogP contribution in [0.5, 0.6) is 0 Å². The van der Waals surface area contributed by atoms with Gasteiger partial charge in [0.15, 0.2) is 0 Å². The number of hydrogen-bond donors (Lipinski definition) is 2. The van der Waals surface area contributed by atoms with Gasteiger partial charge in [-0.3, -0.25) is 4.79 Å². The molecular weight excluding hydrogens is 316 g/mol. The molecule has 138 valence electrons. The van der Waals surface area contributed by atoms with E-state index in [0.29, 0.717) is 18.0 Å². The van der Waals surface area contributed by atoms with E-state index in [-0.39, 0.29) is 12.0 Å². The van der Waals surface area contributed by atoms with Gasteiger partial charge in [-0.1, -0.05) is 12.8 Å². The van der Waals surface area contributed by atoms with Crippen molar-refractivity contribution < 1.29 is 9.90 Å². The van der Waals surface area contributed by atoms with Crippen LogP contribution in [0.1, 0.15) is 42.5 Å². The van der Waals surface area contributed by atoms with Crippen LogP contribution in [0.2, 0.25) is 0 Å². The van der Waals surface area contributed by atoms with Gasteiger partial charge in [-0.05, 0) is 44.4 Å². The number of pyridine rings is 1. The molecule has 0 aromatic carbocycles. The molecule has 2 heterocycles. The summed E-state index contributed by atoms with van der Waals surface area (Å²) in [5, 5.41) is 13.0. The van der Waals surface area contributed by atoms with Gasteiger partial charge in [-0.2, -0.15) is 0 Å². The lowest BCUT2D eigenvalue weighted by atomic mass is 9.84. The fourth-order valence-electron chi connectivity index (χ4n) is 3.77. The first-order valence-electron chi connectivity index (χ1n) is 9.49. The summed E-state index contributed by atoms with van der Waals surface area (Å²) in [6.45, 7) is 4.53. The van der Waals surface area contributed by atoms with Gasteiger partial charge < -0.3 is 20.2 Å². The van der Waals surface area contributed by atoms with Gasteiger partial charge in [0, 0.05) is 44.5 Å². The topological polar surface area (TPSA) is 68.7 Å². The van der Waals surface area contributed by atoms with Gasteiger partial charge in [0.25, 0.3) is 5.91 Å². The van der Waals surface area contributed by atoms with Crippen LogP contribution in [0.4, 0.5) is 5.82 Å². The normalized spacial score (nSPS) is 25.0. The van der Waals surface area contributed by atoms with E-state index in [4.69, 9.17) is 0 Å². The van der Waals surface area contributed by atoms with Crippen molar-refractivity contribution in [2.24, 2.45) is 5.92 Å². The maximum absolute atomic E-state index is 12.4. The molecule has 1 aromatic heterocycles. The SMILES string of the molecule is CN1CCN(c2cc(C(=O)NCC[C@@H]3CCCC[C@@H]3O)ccn2)CC1. The molecule has 2 aliphatic rings. The van der Waals surface area contributed by atoms with Gasteiger partial charge in [-0.25, -0.2) is 4.98 Å². The van der Waals surface area contributed by atoms with Crippen molar-refractivity contribution in [2.75, 3.05) is 44.7 Å². The van der Waals surface area contributed by atoms with Crippen LogP contribution in [0, 0.1) is 5.92 Å². The predicted octanol–water partition coefficient (Wildman–Crippen LogP) is 1.50. The number of rotatable bonds is 5. The Bertz CT molecular complexity index is 572. The fraction of sp³-hybridized carbons (Fsp3) is 0.684. The van der Waals surface area contributed by atoms with Gasteiger partial charge in [0.05, 0.1) is 6.10 Å². The monoisotopic (exact) mass is 346 g/mol. The second-order valence-corrected chi connectivity index (χ2v) is 7.35. The van der Waals surface area contributed by atoms with Crippen molar-refractivity contribution in [1.82, 2.24) is 15.2 Å². The van der Waals surface area contributed by atoms with E-state index < -0.39 is 0 Å². The minimum Gasteiger partial charge on any atom is -0.393 e. The highest BCUT2D eigenvalue weighted by Gasteiger charge is 2.23. The van der Waals surface area contributed by atoms with Crippen molar-refractivity contribution in [3.05, 3.63) is 23.9 Å². The summed E-state index contributed by atoms with van der Waals surface area (Å²) >= 11 is 0. The zero-order valence-electron chi connectivity index (χ0n) is 15.2. The molecule has 0 radical (unpaired) electrons. The maximum atomic E-state index is 12.4. The average molecular weight is 346 g/mol. The quantitative estimate of drug-likeness (QED) is 0.846. The van der Waals surface area contributed by atoms with Crippen LogP contribution in [0.15, 0.2) is 18.3 Å². The van der Waals surface area contributed by atoms with Gasteiger partial charge >= 0.3 is 0 Å². The largest absolute Gasteiger partial charge is 0.393 e. The standard InChI is InChI=1S/C19H30N4O2/c1-22-10-12-23(13-11-22)18-14-16(7-8-20-18)19(25)21-9-6-15-4-2-3-5-17(15)24/h7-8,14-15,17,24H,2-6,9-13H2,1H3,(H,21,25)/t15-,17-/m0/s1. The molecule has 1 amide bonds. The molecule has 0 spiro atoms. The van der Waals surface area contributed by atoms with Gasteiger partial charge in [0.2, 0.25) is 0 Å². The Labute approximate surface area is 150 Å². The fourth-order valence-corrected chi connectivity index (χ4v) is 3.77. The van der Waals surface area contributed by atoms with Crippen molar-refractivity contribution >= 4 is 11.7 Å². The Morgan fingerprint density at radius 2 is 2.04 bits per heavy atom. The summed E-state index contributed by atoms with van der Waals surface area (Å²) in [5.74, 6) is 1.15. The third-order valence-electron chi connectivity index (χ3n) is 5.50. The number of carbonyl (C=O) groups excluding carboxylic acids is 1. The van der Waals surface area contributed by atoms with Crippen molar-refractivity contribution in [3.8, 4) is 0 Å². The highest BCUT2D eigenvalue weighted by molar-refractivity contribution is 5.94. The third-order valence-corrected chi connectivity index (χ3v) is 5.50. The summed E-state index contributed by atoms with van der Waals surface area (Å²) in [4.78, 5) is 21.4. The van der Waals surface area contributed by atoms with Crippen LogP contribution < -0.4 is 10.2 Å². The molecule has 1 aliphatic heterocycles. The Hall–Kier alpha value is -1.66. The number of carbonyl (C=O) groups is 1. The molecule has 1 aliphatic carbocycles. The first-order chi connectivity index (χ1) is 12.1. The number of nitrogens with one attached hydrogen (secondary N) is 1. The molecule has 3 rings (SSSR count). The number of likely N-dealkylation sites (N-methyl/N-ethyl adjacent to an activating group) is 1. The van der Waals surface area contributed by atoms with Crippen molar-refractivity contribution in [3.63, 3.8) is 0 Å². The summed E-state index contributed by atoms with van der Waals surface area (Å²) in [6.07, 6.45) is 6.65. The minimum atomic E-state index is -0.199. The van der Waals surface area contributed by atoms with E-state index in [2.05, 4.69) is 27.1 Å². The van der Waals surface area contributed by atoms with Crippen LogP contribution in [0.3, 0.4) is 0 Å². The number of hydrogen-bond acceptors (Lipinski definition) is 5. The molecule has 0 bridgehead atoms. The molecule has 0 unspecified atom stereocenters. The van der Waals surface area contributed by atoms with Crippen LogP contribution in [-0.2, 0) is 0 Å². The van der Waals surface area contributed by atoms with E-state index in [0.717, 1.165) is 57.7 Å². The van der Waals surface area contributed by atoms with Gasteiger partial charge in [0.1, 0.15) is 5.82 Å². The number of amides is 1. The lowest BCUT2D eigenvalue weighted by Gasteiger charge is -2.33. The first-order valence-corrected chi connectivity index (χ1v) is 9.49. The van der Waals surface area contributed by atoms with E-state index in [1.165, 1.54) is 6.42 Å². The van der Waals surface area contributed by atoms with Crippen LogP contribution in [-0.4, -0.2) is 66.8 Å². The number of aliphatic hydroxyl groups is 1. The van der Waals surface area contributed by atoms with Crippen molar-refractivity contribution in [1.29, 1.82) is 0 Å². The number of nitrogens with zero attached hydrogens (tertiary/aromatic N) is 3. The smallest absolute Gasteiger partial charge is 0.251 e. The molecule has 1 aromatic rings. The van der Waals surface area contributed by atoms with E-state index >= 15 is 0 Å². The Morgan fingerprint density at radius 3 is 2.80 bits per heavy atom. The van der Waals surface area contributed by atoms with Crippen LogP contribution >= 0.6 is 0 Å². The minimum absolute atomic E-state index is 0.0527. The zero-order chi connectivity index (χ0) is 17.6. The molecule has 25 heavy (non-hydrogen) atoms. The van der Waals surface area contributed by atoms with E-state index in [1.807, 2.05) is 6.07 Å². The second kappa shape index (κ2) is 8.63. The third kappa shape index (κ3) is 4.92. The average Bonchev–Trinajstić information content (AvgIpc) is 2.64. The highest BCUT2D eigenvalue weighted by Crippen LogP contribution is 2.26. The Morgan fingerprint density at radius 1 is 1.28 bits per heavy atom. The molecular formula is C19H30N4O2. The molecule has 1 saturated carbocycles. The zero-order valence-corrected chi connectivity index (χ0v) is 15.2. The van der Waals surface area contributed by atoms with Crippen LogP contribution in [0.25, 0.3) is 0 Å². The second-order valence-electron chi connectivity index (χ2n) is 7.35. The van der Waals surface area contributed by atoms with Crippen molar-refractivity contribution in [2.45, 2.75) is 38.2 Å². The summed E-state index contributed by atoms with van der Waals surface area (Å²) < 4.78 is 0. The summed E-state index contributed by atoms with van der Waals surface area (Å²) in [7, 11) is 2.12. The van der Waals surface area contributed by atoms with Gasteiger partial charge in [-0.15, -0.1) is 0 Å². The lowest BCUT2D eigenvalue weighted by Crippen LogP contribution is -2.44. The Balaban J connectivity index is 1.51. The first kappa shape index (κ1) is 18.1. The number of aromatic nitrogens is 1. The van der Waals surface area contributed by atoms with E-state index in [9.17, 15) is 9.90 Å². The highest BCUT2D eigenvalue weighted by atomic mass is 16.3. The lowest BCUT2D eigenvalue weighted by molar-refractivity contribution is 0.0643. The number of aliphatic hydroxyl groups excluding tert-OH is 1. The number of piperazine rings is 1. The summed E-state index contributed by atoms with van der Waals surface area (Å²) in [6, 6.07) is 3.65. The summed E-state index contributed by atoms with van der Waals surface area (Å²) in [5.41, 5.74) is 0.660. The molecule has 6 heteroatoms. The predicted molar refractivity (Wildman–Crippen MR) is 98.9 cm³/mol. The molecule has 1 saturated heterocycles.